The molecular formula is C21H22N4O5. The molecule has 0 radical (unpaired) electrons. The Morgan fingerprint density at radius 1 is 1.20 bits per heavy atom. The number of hydrogen-bond acceptors (Lipinski definition) is 7. The number of aromatic nitrogens is 3. The molecule has 1 aliphatic rings. The molecule has 0 aliphatic carbocycles. The summed E-state index contributed by atoms with van der Waals surface area (Å²) in [5.74, 6) is -1.35. The lowest BCUT2D eigenvalue weighted by molar-refractivity contribution is -0.134. The summed E-state index contributed by atoms with van der Waals surface area (Å²) in [6.45, 7) is 0.814. The van der Waals surface area contributed by atoms with Gasteiger partial charge in [-0.05, 0) is 29.8 Å². The zero-order valence-electron chi connectivity index (χ0n) is 16.6. The number of ether oxygens (including phenoxy) is 1. The van der Waals surface area contributed by atoms with Gasteiger partial charge in [-0.15, -0.1) is 5.10 Å². The number of rotatable bonds is 5. The van der Waals surface area contributed by atoms with Gasteiger partial charge in [-0.1, -0.05) is 36.4 Å². The Morgan fingerprint density at radius 2 is 1.90 bits per heavy atom. The summed E-state index contributed by atoms with van der Waals surface area (Å²) >= 11 is 0. The first-order valence-electron chi connectivity index (χ1n) is 9.52. The zero-order valence-corrected chi connectivity index (χ0v) is 16.6. The van der Waals surface area contributed by atoms with Crippen molar-refractivity contribution < 1.29 is 24.5 Å². The molecule has 1 fully saturated rings. The van der Waals surface area contributed by atoms with Gasteiger partial charge in [-0.2, -0.15) is 4.68 Å². The molecular weight excluding hydrogens is 388 g/mol. The fourth-order valence-corrected chi connectivity index (χ4v) is 3.97. The van der Waals surface area contributed by atoms with Crippen LogP contribution >= 0.6 is 0 Å². The molecule has 2 N–H and O–H groups in total. The number of para-hydroxylation sites is 1. The van der Waals surface area contributed by atoms with Crippen LogP contribution in [0.25, 0.3) is 11.0 Å². The third kappa shape index (κ3) is 2.86. The van der Waals surface area contributed by atoms with Gasteiger partial charge < -0.3 is 19.8 Å². The van der Waals surface area contributed by atoms with E-state index in [-0.39, 0.29) is 6.54 Å². The van der Waals surface area contributed by atoms with Gasteiger partial charge in [0.25, 0.3) is 5.91 Å². The first-order chi connectivity index (χ1) is 14.4. The predicted octanol–water partition coefficient (Wildman–Crippen LogP) is 0.851. The highest BCUT2D eigenvalue weighted by molar-refractivity contribution is 6.01. The Morgan fingerprint density at radius 3 is 2.57 bits per heavy atom. The van der Waals surface area contributed by atoms with Crippen LogP contribution in [0.3, 0.4) is 0 Å². The van der Waals surface area contributed by atoms with Gasteiger partial charge in [-0.25, -0.2) is 0 Å². The molecule has 0 spiro atoms. The standard InChI is InChI=1S/C21H22N4O5/c1-13-18(27)21(12-26,20(29)25-17-6-4-3-5-16(17)22-23-25)24(19(13)28)11-14-7-9-15(30-2)10-8-14/h3-10,13,18,26-27H,11-12H2,1-2H3/t13-,18+,21+/m1/s1. The van der Waals surface area contributed by atoms with Gasteiger partial charge in [0.1, 0.15) is 17.4 Å². The fourth-order valence-electron chi connectivity index (χ4n) is 3.97. The van der Waals surface area contributed by atoms with Crippen molar-refractivity contribution in [3.8, 4) is 5.75 Å². The number of fused-ring (bicyclic) bond motifs is 1. The lowest BCUT2D eigenvalue weighted by Crippen LogP contribution is -2.61. The number of likely N-dealkylation sites (tertiary alicyclic amines) is 1. The first kappa shape index (κ1) is 20.0. The van der Waals surface area contributed by atoms with Crippen LogP contribution in [0.4, 0.5) is 0 Å². The summed E-state index contributed by atoms with van der Waals surface area (Å²) < 4.78 is 6.19. The summed E-state index contributed by atoms with van der Waals surface area (Å²) in [7, 11) is 1.55. The largest absolute Gasteiger partial charge is 0.497 e. The minimum absolute atomic E-state index is 0.0309. The third-order valence-electron chi connectivity index (χ3n) is 5.76. The van der Waals surface area contributed by atoms with Crippen molar-refractivity contribution >= 4 is 22.8 Å². The van der Waals surface area contributed by atoms with E-state index in [9.17, 15) is 19.8 Å². The second kappa shape index (κ2) is 7.51. The highest BCUT2D eigenvalue weighted by Gasteiger charge is 2.61. The highest BCUT2D eigenvalue weighted by atomic mass is 16.5. The molecule has 0 saturated carbocycles. The van der Waals surface area contributed by atoms with Gasteiger partial charge in [0.15, 0.2) is 5.54 Å². The van der Waals surface area contributed by atoms with Crippen LogP contribution in [0.15, 0.2) is 48.5 Å². The Labute approximate surface area is 172 Å². The van der Waals surface area contributed by atoms with E-state index in [0.29, 0.717) is 16.8 Å². The minimum atomic E-state index is -1.88. The number of carbonyl (C=O) groups excluding carboxylic acids is 2. The summed E-state index contributed by atoms with van der Waals surface area (Å²) in [6.07, 6.45) is -1.41. The molecule has 30 heavy (non-hydrogen) atoms. The number of amides is 1. The van der Waals surface area contributed by atoms with E-state index in [1.54, 1.807) is 55.6 Å². The van der Waals surface area contributed by atoms with Crippen molar-refractivity contribution in [2.75, 3.05) is 13.7 Å². The average molecular weight is 410 g/mol. The minimum Gasteiger partial charge on any atom is -0.497 e. The second-order valence-corrected chi connectivity index (χ2v) is 7.38. The van der Waals surface area contributed by atoms with Crippen LogP contribution < -0.4 is 4.74 Å². The maximum Gasteiger partial charge on any atom is 0.279 e. The molecule has 1 amide bonds. The number of hydrogen-bond donors (Lipinski definition) is 2. The van der Waals surface area contributed by atoms with Gasteiger partial charge in [-0.3, -0.25) is 9.59 Å². The molecule has 2 heterocycles. The van der Waals surface area contributed by atoms with Crippen molar-refractivity contribution in [2.45, 2.75) is 25.1 Å². The van der Waals surface area contributed by atoms with E-state index in [1.807, 2.05) is 0 Å². The quantitative estimate of drug-likeness (QED) is 0.640. The Balaban J connectivity index is 1.78. The van der Waals surface area contributed by atoms with Gasteiger partial charge >= 0.3 is 0 Å². The van der Waals surface area contributed by atoms with Gasteiger partial charge in [0.2, 0.25) is 5.91 Å². The van der Waals surface area contributed by atoms with Crippen molar-refractivity contribution in [3.05, 3.63) is 54.1 Å². The average Bonchev–Trinajstić information content (AvgIpc) is 3.28. The zero-order chi connectivity index (χ0) is 21.5. The van der Waals surface area contributed by atoms with Crippen LogP contribution in [0, 0.1) is 5.92 Å². The monoisotopic (exact) mass is 410 g/mol. The van der Waals surface area contributed by atoms with Crippen molar-refractivity contribution in [3.63, 3.8) is 0 Å². The summed E-state index contributed by atoms with van der Waals surface area (Å²) in [5.41, 5.74) is -0.238. The van der Waals surface area contributed by atoms with Crippen LogP contribution in [-0.4, -0.2) is 67.3 Å². The molecule has 1 aromatic heterocycles. The maximum absolute atomic E-state index is 13.6. The van der Waals surface area contributed by atoms with E-state index in [1.165, 1.54) is 11.8 Å². The smallest absolute Gasteiger partial charge is 0.279 e. The van der Waals surface area contributed by atoms with Gasteiger partial charge in [0.05, 0.1) is 25.2 Å². The first-order valence-corrected chi connectivity index (χ1v) is 9.52. The number of aliphatic hydroxyl groups is 2. The summed E-state index contributed by atoms with van der Waals surface area (Å²) in [6, 6.07) is 13.9. The molecule has 0 bridgehead atoms. The maximum atomic E-state index is 13.6. The van der Waals surface area contributed by atoms with E-state index >= 15 is 0 Å². The van der Waals surface area contributed by atoms with E-state index in [2.05, 4.69) is 10.3 Å². The van der Waals surface area contributed by atoms with Crippen LogP contribution in [0.5, 0.6) is 5.75 Å². The molecule has 1 saturated heterocycles. The van der Waals surface area contributed by atoms with Gasteiger partial charge in [0, 0.05) is 6.54 Å². The Bertz CT molecular complexity index is 1100. The van der Waals surface area contributed by atoms with Crippen molar-refractivity contribution in [1.82, 2.24) is 19.9 Å². The van der Waals surface area contributed by atoms with Crippen LogP contribution in [0.1, 0.15) is 17.3 Å². The number of aliphatic hydroxyl groups excluding tert-OH is 2. The SMILES string of the molecule is COc1ccc(CN2C(=O)[C@H](C)[C@H](O)[C@@]2(CO)C(=O)n2nnc3ccccc32)cc1. The van der Waals surface area contributed by atoms with Crippen molar-refractivity contribution in [2.24, 2.45) is 5.92 Å². The molecule has 4 rings (SSSR count). The van der Waals surface area contributed by atoms with E-state index in [0.717, 1.165) is 10.2 Å². The Hall–Kier alpha value is -3.30. The number of nitrogens with zero attached hydrogens (tertiary/aromatic N) is 4. The van der Waals surface area contributed by atoms with Crippen LogP contribution in [-0.2, 0) is 11.3 Å². The highest BCUT2D eigenvalue weighted by Crippen LogP contribution is 2.37. The molecule has 9 nitrogen and oxygen atoms in total. The molecule has 3 atom stereocenters. The molecule has 3 aromatic rings. The molecule has 2 aromatic carbocycles. The second-order valence-electron chi connectivity index (χ2n) is 7.38. The van der Waals surface area contributed by atoms with Crippen LogP contribution in [0.2, 0.25) is 0 Å². The van der Waals surface area contributed by atoms with Crippen molar-refractivity contribution in [1.29, 1.82) is 0 Å². The Kier molecular flexibility index (Phi) is 5.00. The summed E-state index contributed by atoms with van der Waals surface area (Å²) in [4.78, 5) is 27.8. The molecule has 156 valence electrons. The number of carbonyl (C=O) groups is 2. The lowest BCUT2D eigenvalue weighted by atomic mass is 9.88. The fraction of sp³-hybridized carbons (Fsp3) is 0.333. The molecule has 1 aliphatic heterocycles. The molecule has 9 heteroatoms. The topological polar surface area (TPSA) is 118 Å². The van der Waals surface area contributed by atoms with E-state index in [4.69, 9.17) is 4.74 Å². The predicted molar refractivity (Wildman–Crippen MR) is 107 cm³/mol. The lowest BCUT2D eigenvalue weighted by Gasteiger charge is -2.37. The third-order valence-corrected chi connectivity index (χ3v) is 5.76. The summed E-state index contributed by atoms with van der Waals surface area (Å²) in [5, 5.41) is 29.2. The molecule has 0 unspecified atom stereocenters. The number of methoxy groups -OCH3 is 1. The normalized spacial score (nSPS) is 23.9. The van der Waals surface area contributed by atoms with E-state index < -0.39 is 36.0 Å². The number of benzene rings is 2.